The van der Waals surface area contributed by atoms with Gasteiger partial charge in [-0.2, -0.15) is 0 Å². The fraction of sp³-hybridized carbons (Fsp3) is 0.462. The van der Waals surface area contributed by atoms with Gasteiger partial charge in [-0.3, -0.25) is 10.2 Å². The van der Waals surface area contributed by atoms with Crippen LogP contribution >= 0.6 is 0 Å². The summed E-state index contributed by atoms with van der Waals surface area (Å²) in [6.07, 6.45) is -0.392. The zero-order chi connectivity index (χ0) is 12.6. The Bertz CT molecular complexity index is 364. The van der Waals surface area contributed by atoms with Crippen LogP contribution in [0.15, 0.2) is 30.3 Å². The fourth-order valence-corrected chi connectivity index (χ4v) is 1.88. The molecule has 0 radical (unpaired) electrons. The van der Waals surface area contributed by atoms with Gasteiger partial charge in [-0.05, 0) is 12.1 Å². The van der Waals surface area contributed by atoms with Crippen LogP contribution in [0.25, 0.3) is 0 Å². The average molecular weight is 249 g/mol. The van der Waals surface area contributed by atoms with E-state index in [1.54, 1.807) is 0 Å². The van der Waals surface area contributed by atoms with E-state index in [1.807, 2.05) is 30.3 Å². The van der Waals surface area contributed by atoms with Crippen molar-refractivity contribution in [2.75, 3.05) is 44.6 Å². The van der Waals surface area contributed by atoms with Gasteiger partial charge in [0.1, 0.15) is 6.61 Å². The van der Waals surface area contributed by atoms with Crippen molar-refractivity contribution in [3.63, 3.8) is 0 Å². The standard InChI is InChI=1S/C13H19N3O2/c17-13(15-12-4-2-1-3-5-12)18-11-10-16-8-6-14-7-9-16/h1-5,14H,6-11H2,(H,15,17). The summed E-state index contributed by atoms with van der Waals surface area (Å²) in [7, 11) is 0. The second kappa shape index (κ2) is 6.98. The van der Waals surface area contributed by atoms with E-state index in [0.29, 0.717) is 6.61 Å². The molecule has 1 aromatic rings. The number of carbonyl (C=O) groups is 1. The topological polar surface area (TPSA) is 53.6 Å². The summed E-state index contributed by atoms with van der Waals surface area (Å²) in [6, 6.07) is 9.31. The Kier molecular flexibility index (Phi) is 4.99. The zero-order valence-corrected chi connectivity index (χ0v) is 10.4. The monoisotopic (exact) mass is 249 g/mol. The van der Waals surface area contributed by atoms with Crippen molar-refractivity contribution in [3.05, 3.63) is 30.3 Å². The van der Waals surface area contributed by atoms with Crippen LogP contribution in [0.4, 0.5) is 10.5 Å². The number of nitrogens with zero attached hydrogens (tertiary/aromatic N) is 1. The minimum Gasteiger partial charge on any atom is -0.448 e. The lowest BCUT2D eigenvalue weighted by molar-refractivity contribution is 0.134. The first-order valence-corrected chi connectivity index (χ1v) is 6.26. The molecule has 1 aliphatic rings. The summed E-state index contributed by atoms with van der Waals surface area (Å²) in [6.45, 7) is 5.28. The highest BCUT2D eigenvalue weighted by Gasteiger charge is 2.10. The fourth-order valence-electron chi connectivity index (χ4n) is 1.88. The van der Waals surface area contributed by atoms with Crippen LogP contribution in [0, 0.1) is 0 Å². The highest BCUT2D eigenvalue weighted by atomic mass is 16.5. The van der Waals surface area contributed by atoms with Crippen molar-refractivity contribution in [2.24, 2.45) is 0 Å². The van der Waals surface area contributed by atoms with Crippen LogP contribution in [-0.4, -0.2) is 50.3 Å². The van der Waals surface area contributed by atoms with E-state index in [9.17, 15) is 4.79 Å². The van der Waals surface area contributed by atoms with E-state index in [2.05, 4.69) is 15.5 Å². The Morgan fingerprint density at radius 2 is 2.00 bits per heavy atom. The van der Waals surface area contributed by atoms with Gasteiger partial charge in [-0.15, -0.1) is 0 Å². The summed E-state index contributed by atoms with van der Waals surface area (Å²) in [5.74, 6) is 0. The molecule has 98 valence electrons. The van der Waals surface area contributed by atoms with Gasteiger partial charge < -0.3 is 10.1 Å². The van der Waals surface area contributed by atoms with Gasteiger partial charge in [-0.25, -0.2) is 4.79 Å². The van der Waals surface area contributed by atoms with Crippen molar-refractivity contribution in [1.29, 1.82) is 0 Å². The lowest BCUT2D eigenvalue weighted by Crippen LogP contribution is -2.44. The Hall–Kier alpha value is -1.59. The summed E-state index contributed by atoms with van der Waals surface area (Å²) in [5.41, 5.74) is 0.754. The van der Waals surface area contributed by atoms with E-state index in [-0.39, 0.29) is 0 Å². The number of piperazine rings is 1. The number of anilines is 1. The quantitative estimate of drug-likeness (QED) is 0.840. The molecular formula is C13H19N3O2. The molecule has 0 aliphatic carbocycles. The van der Waals surface area contributed by atoms with Gasteiger partial charge in [0.25, 0.3) is 0 Å². The van der Waals surface area contributed by atoms with E-state index in [4.69, 9.17) is 4.74 Å². The molecule has 1 saturated heterocycles. The molecule has 0 saturated carbocycles. The smallest absolute Gasteiger partial charge is 0.411 e. The van der Waals surface area contributed by atoms with E-state index < -0.39 is 6.09 Å². The van der Waals surface area contributed by atoms with Gasteiger partial charge in [-0.1, -0.05) is 18.2 Å². The van der Waals surface area contributed by atoms with Crippen LogP contribution in [-0.2, 0) is 4.74 Å². The normalized spacial score (nSPS) is 16.2. The number of hydrogen-bond donors (Lipinski definition) is 2. The maximum atomic E-state index is 11.5. The molecule has 18 heavy (non-hydrogen) atoms. The number of carbonyl (C=O) groups excluding carboxylic acids is 1. The zero-order valence-electron chi connectivity index (χ0n) is 10.4. The molecule has 0 bridgehead atoms. The molecule has 0 spiro atoms. The third-order valence-corrected chi connectivity index (χ3v) is 2.87. The Morgan fingerprint density at radius 3 is 2.72 bits per heavy atom. The predicted molar refractivity (Wildman–Crippen MR) is 70.7 cm³/mol. The van der Waals surface area contributed by atoms with Crippen molar-refractivity contribution in [3.8, 4) is 0 Å². The predicted octanol–water partition coefficient (Wildman–Crippen LogP) is 1.14. The molecule has 2 rings (SSSR count). The minimum atomic E-state index is -0.392. The lowest BCUT2D eigenvalue weighted by atomic mass is 10.3. The number of amides is 1. The van der Waals surface area contributed by atoms with E-state index in [1.165, 1.54) is 0 Å². The number of hydrogen-bond acceptors (Lipinski definition) is 4. The largest absolute Gasteiger partial charge is 0.448 e. The van der Waals surface area contributed by atoms with Crippen molar-refractivity contribution < 1.29 is 9.53 Å². The first-order valence-electron chi connectivity index (χ1n) is 6.26. The molecular weight excluding hydrogens is 230 g/mol. The number of para-hydroxylation sites is 1. The van der Waals surface area contributed by atoms with E-state index >= 15 is 0 Å². The van der Waals surface area contributed by atoms with Crippen molar-refractivity contribution in [2.45, 2.75) is 0 Å². The number of ether oxygens (including phenoxy) is 1. The molecule has 0 unspecified atom stereocenters. The van der Waals surface area contributed by atoms with Crippen LogP contribution in [0.1, 0.15) is 0 Å². The lowest BCUT2D eigenvalue weighted by Gasteiger charge is -2.26. The van der Waals surface area contributed by atoms with Crippen molar-refractivity contribution >= 4 is 11.8 Å². The van der Waals surface area contributed by atoms with Crippen LogP contribution < -0.4 is 10.6 Å². The second-order valence-electron chi connectivity index (χ2n) is 4.22. The Morgan fingerprint density at radius 1 is 1.28 bits per heavy atom. The minimum absolute atomic E-state index is 0.392. The van der Waals surface area contributed by atoms with Crippen LogP contribution in [0.5, 0.6) is 0 Å². The Labute approximate surface area is 107 Å². The summed E-state index contributed by atoms with van der Waals surface area (Å²) >= 11 is 0. The molecule has 0 atom stereocenters. The summed E-state index contributed by atoms with van der Waals surface area (Å²) in [5, 5.41) is 5.97. The molecule has 5 nitrogen and oxygen atoms in total. The van der Waals surface area contributed by atoms with E-state index in [0.717, 1.165) is 38.4 Å². The van der Waals surface area contributed by atoms with Crippen LogP contribution in [0.3, 0.4) is 0 Å². The molecule has 1 fully saturated rings. The molecule has 2 N–H and O–H groups in total. The molecule has 1 heterocycles. The maximum Gasteiger partial charge on any atom is 0.411 e. The molecule has 1 aromatic carbocycles. The first-order chi connectivity index (χ1) is 8.84. The van der Waals surface area contributed by atoms with Gasteiger partial charge in [0.2, 0.25) is 0 Å². The summed E-state index contributed by atoms with van der Waals surface area (Å²) in [4.78, 5) is 13.8. The molecule has 1 aliphatic heterocycles. The number of rotatable bonds is 4. The SMILES string of the molecule is O=C(Nc1ccccc1)OCCN1CCNCC1. The number of benzene rings is 1. The van der Waals surface area contributed by atoms with Crippen molar-refractivity contribution in [1.82, 2.24) is 10.2 Å². The molecule has 0 aromatic heterocycles. The molecule has 1 amide bonds. The highest BCUT2D eigenvalue weighted by molar-refractivity contribution is 5.84. The van der Waals surface area contributed by atoms with Gasteiger partial charge in [0.05, 0.1) is 0 Å². The Balaban J connectivity index is 1.62. The highest BCUT2D eigenvalue weighted by Crippen LogP contribution is 2.05. The van der Waals surface area contributed by atoms with Gasteiger partial charge >= 0.3 is 6.09 Å². The van der Waals surface area contributed by atoms with Gasteiger partial charge in [0, 0.05) is 38.4 Å². The molecule has 5 heteroatoms. The average Bonchev–Trinajstić information content (AvgIpc) is 2.41. The number of nitrogens with one attached hydrogen (secondary N) is 2. The second-order valence-corrected chi connectivity index (χ2v) is 4.22. The maximum absolute atomic E-state index is 11.5. The first kappa shape index (κ1) is 12.9. The van der Waals surface area contributed by atoms with Gasteiger partial charge in [0.15, 0.2) is 0 Å². The third-order valence-electron chi connectivity index (χ3n) is 2.87. The summed E-state index contributed by atoms with van der Waals surface area (Å²) < 4.78 is 5.14. The third kappa shape index (κ3) is 4.35. The van der Waals surface area contributed by atoms with Crippen LogP contribution in [0.2, 0.25) is 0 Å².